The number of thiazole rings is 1. The standard InChI is InChI=1S/C12H19N3OS/c1-4-13-9-5-7-15(10(9)16)12(2,3)11-14-6-8-17-11/h6,8-9,13H,4-5,7H2,1-3H3. The molecule has 0 aromatic carbocycles. The third kappa shape index (κ3) is 2.21. The highest BCUT2D eigenvalue weighted by molar-refractivity contribution is 7.09. The first-order valence-corrected chi connectivity index (χ1v) is 6.90. The summed E-state index contributed by atoms with van der Waals surface area (Å²) in [6.45, 7) is 7.81. The van der Waals surface area contributed by atoms with E-state index in [0.717, 1.165) is 24.5 Å². The average Bonchev–Trinajstić information content (AvgIpc) is 2.90. The summed E-state index contributed by atoms with van der Waals surface area (Å²) in [5.74, 6) is 0.201. The van der Waals surface area contributed by atoms with Crippen molar-refractivity contribution in [2.45, 2.75) is 38.8 Å². The van der Waals surface area contributed by atoms with Crippen molar-refractivity contribution in [3.8, 4) is 0 Å². The van der Waals surface area contributed by atoms with Gasteiger partial charge in [-0.05, 0) is 26.8 Å². The van der Waals surface area contributed by atoms with Gasteiger partial charge in [-0.15, -0.1) is 11.3 Å². The Morgan fingerprint density at radius 1 is 1.65 bits per heavy atom. The normalized spacial score (nSPS) is 21.2. The predicted molar refractivity (Wildman–Crippen MR) is 68.9 cm³/mol. The molecule has 1 N–H and O–H groups in total. The van der Waals surface area contributed by atoms with Gasteiger partial charge in [0.05, 0.1) is 11.6 Å². The maximum atomic E-state index is 12.3. The Morgan fingerprint density at radius 2 is 2.41 bits per heavy atom. The van der Waals surface area contributed by atoms with Crippen LogP contribution in [0.15, 0.2) is 11.6 Å². The highest BCUT2D eigenvalue weighted by atomic mass is 32.1. The lowest BCUT2D eigenvalue weighted by atomic mass is 10.0. The van der Waals surface area contributed by atoms with E-state index in [2.05, 4.69) is 24.1 Å². The van der Waals surface area contributed by atoms with Gasteiger partial charge in [0, 0.05) is 18.1 Å². The molecule has 1 aliphatic rings. The highest BCUT2D eigenvalue weighted by Crippen LogP contribution is 2.32. The first-order chi connectivity index (χ1) is 8.07. The summed E-state index contributed by atoms with van der Waals surface area (Å²) >= 11 is 1.61. The Hall–Kier alpha value is -0.940. The summed E-state index contributed by atoms with van der Waals surface area (Å²) in [5, 5.41) is 6.19. The molecule has 1 unspecified atom stereocenters. The Labute approximate surface area is 106 Å². The fraction of sp³-hybridized carbons (Fsp3) is 0.667. The number of hydrogen-bond acceptors (Lipinski definition) is 4. The number of aromatic nitrogens is 1. The topological polar surface area (TPSA) is 45.2 Å². The third-order valence-corrected chi connectivity index (χ3v) is 4.37. The predicted octanol–water partition coefficient (Wildman–Crippen LogP) is 1.59. The zero-order valence-electron chi connectivity index (χ0n) is 10.6. The van der Waals surface area contributed by atoms with Crippen LogP contribution in [0.5, 0.6) is 0 Å². The molecule has 2 rings (SSSR count). The van der Waals surface area contributed by atoms with E-state index in [4.69, 9.17) is 0 Å². The molecule has 5 heteroatoms. The van der Waals surface area contributed by atoms with Gasteiger partial charge in [-0.2, -0.15) is 0 Å². The molecule has 0 aliphatic carbocycles. The largest absolute Gasteiger partial charge is 0.330 e. The Kier molecular flexibility index (Phi) is 3.49. The second-order valence-corrected chi connectivity index (χ2v) is 5.68. The summed E-state index contributed by atoms with van der Waals surface area (Å²) in [6, 6.07) is -0.0146. The fourth-order valence-electron chi connectivity index (χ4n) is 2.31. The monoisotopic (exact) mass is 253 g/mol. The second-order valence-electron chi connectivity index (χ2n) is 4.79. The minimum absolute atomic E-state index is 0.0146. The van der Waals surface area contributed by atoms with E-state index in [1.807, 2.05) is 17.2 Å². The molecule has 1 saturated heterocycles. The average molecular weight is 253 g/mol. The van der Waals surface area contributed by atoms with Crippen LogP contribution < -0.4 is 5.32 Å². The van der Waals surface area contributed by atoms with Crippen molar-refractivity contribution >= 4 is 17.2 Å². The third-order valence-electron chi connectivity index (χ3n) is 3.29. The zero-order chi connectivity index (χ0) is 12.5. The maximum Gasteiger partial charge on any atom is 0.240 e. The minimum Gasteiger partial charge on any atom is -0.330 e. The smallest absolute Gasteiger partial charge is 0.240 e. The van der Waals surface area contributed by atoms with Gasteiger partial charge < -0.3 is 10.2 Å². The summed E-state index contributed by atoms with van der Waals surface area (Å²) in [5.41, 5.74) is -0.296. The van der Waals surface area contributed by atoms with Gasteiger partial charge in [-0.3, -0.25) is 4.79 Å². The van der Waals surface area contributed by atoms with Crippen molar-refractivity contribution < 1.29 is 4.79 Å². The van der Waals surface area contributed by atoms with E-state index in [0.29, 0.717) is 0 Å². The van der Waals surface area contributed by atoms with Gasteiger partial charge in [0.2, 0.25) is 5.91 Å². The summed E-state index contributed by atoms with van der Waals surface area (Å²) in [6.07, 6.45) is 2.69. The maximum absolute atomic E-state index is 12.3. The van der Waals surface area contributed by atoms with E-state index >= 15 is 0 Å². The lowest BCUT2D eigenvalue weighted by Gasteiger charge is -2.34. The first-order valence-electron chi connectivity index (χ1n) is 6.02. The van der Waals surface area contributed by atoms with Crippen LogP contribution in [0.4, 0.5) is 0 Å². The van der Waals surface area contributed by atoms with Crippen LogP contribution in [0.1, 0.15) is 32.2 Å². The molecule has 94 valence electrons. The number of amides is 1. The van der Waals surface area contributed by atoms with Crippen LogP contribution in [0.25, 0.3) is 0 Å². The minimum atomic E-state index is -0.296. The second kappa shape index (κ2) is 4.74. The lowest BCUT2D eigenvalue weighted by molar-refractivity contribution is -0.134. The Bertz CT molecular complexity index is 388. The molecule has 1 atom stereocenters. The number of nitrogens with zero attached hydrogens (tertiary/aromatic N) is 2. The number of nitrogens with one attached hydrogen (secondary N) is 1. The summed E-state index contributed by atoms with van der Waals surface area (Å²) < 4.78 is 0. The number of carbonyl (C=O) groups is 1. The number of likely N-dealkylation sites (tertiary alicyclic amines) is 1. The van der Waals surface area contributed by atoms with Crippen molar-refractivity contribution in [3.05, 3.63) is 16.6 Å². The van der Waals surface area contributed by atoms with Crippen LogP contribution in [0.2, 0.25) is 0 Å². The number of hydrogen-bond donors (Lipinski definition) is 1. The molecule has 17 heavy (non-hydrogen) atoms. The molecule has 0 radical (unpaired) electrons. The number of rotatable bonds is 4. The van der Waals surface area contributed by atoms with Crippen molar-refractivity contribution in [2.24, 2.45) is 0 Å². The van der Waals surface area contributed by atoms with Gasteiger partial charge >= 0.3 is 0 Å². The summed E-state index contributed by atoms with van der Waals surface area (Å²) in [7, 11) is 0. The molecule has 1 fully saturated rings. The summed E-state index contributed by atoms with van der Waals surface area (Å²) in [4.78, 5) is 18.6. The van der Waals surface area contributed by atoms with Gasteiger partial charge in [0.1, 0.15) is 5.01 Å². The van der Waals surface area contributed by atoms with Gasteiger partial charge in [0.25, 0.3) is 0 Å². The SMILES string of the molecule is CCNC1CCN(C(C)(C)c2nccs2)C1=O. The van der Waals surface area contributed by atoms with Gasteiger partial charge in [-0.25, -0.2) is 4.98 Å². The molecule has 2 heterocycles. The first kappa shape index (κ1) is 12.5. The molecule has 1 aromatic heterocycles. The van der Waals surface area contributed by atoms with Crippen molar-refractivity contribution in [1.82, 2.24) is 15.2 Å². The molecule has 0 saturated carbocycles. The van der Waals surface area contributed by atoms with E-state index < -0.39 is 0 Å². The number of carbonyl (C=O) groups excluding carboxylic acids is 1. The van der Waals surface area contributed by atoms with E-state index in [-0.39, 0.29) is 17.5 Å². The van der Waals surface area contributed by atoms with Crippen molar-refractivity contribution in [3.63, 3.8) is 0 Å². The molecule has 1 amide bonds. The van der Waals surface area contributed by atoms with Gasteiger partial charge in [0.15, 0.2) is 0 Å². The molecule has 0 bridgehead atoms. The van der Waals surface area contributed by atoms with Crippen LogP contribution in [-0.2, 0) is 10.3 Å². The zero-order valence-corrected chi connectivity index (χ0v) is 11.4. The van der Waals surface area contributed by atoms with Crippen LogP contribution in [0.3, 0.4) is 0 Å². The quantitative estimate of drug-likeness (QED) is 0.886. The van der Waals surface area contributed by atoms with E-state index in [9.17, 15) is 4.79 Å². The molecule has 0 spiro atoms. The van der Waals surface area contributed by atoms with Crippen LogP contribution in [0, 0.1) is 0 Å². The molecular formula is C12H19N3OS. The molecule has 1 aromatic rings. The highest BCUT2D eigenvalue weighted by Gasteiger charge is 2.41. The Morgan fingerprint density at radius 3 is 3.00 bits per heavy atom. The van der Waals surface area contributed by atoms with Crippen LogP contribution in [-0.4, -0.2) is 34.9 Å². The van der Waals surface area contributed by atoms with E-state index in [1.54, 1.807) is 17.5 Å². The molecule has 4 nitrogen and oxygen atoms in total. The van der Waals surface area contributed by atoms with E-state index in [1.165, 1.54) is 0 Å². The fourth-order valence-corrected chi connectivity index (χ4v) is 3.08. The Balaban J connectivity index is 2.16. The van der Waals surface area contributed by atoms with Crippen LogP contribution >= 0.6 is 11.3 Å². The molecular weight excluding hydrogens is 234 g/mol. The number of likely N-dealkylation sites (N-methyl/N-ethyl adjacent to an activating group) is 1. The van der Waals surface area contributed by atoms with Gasteiger partial charge in [-0.1, -0.05) is 6.92 Å². The lowest BCUT2D eigenvalue weighted by Crippen LogP contribution is -2.46. The van der Waals surface area contributed by atoms with Crippen molar-refractivity contribution in [1.29, 1.82) is 0 Å². The molecule has 1 aliphatic heterocycles. The van der Waals surface area contributed by atoms with Crippen molar-refractivity contribution in [2.75, 3.05) is 13.1 Å².